The number of methoxy groups -OCH3 is 2. The Kier molecular flexibility index (Phi) is 7.93. The van der Waals surface area contributed by atoms with E-state index in [0.717, 1.165) is 17.9 Å². The second-order valence-corrected chi connectivity index (χ2v) is 9.60. The van der Waals surface area contributed by atoms with Gasteiger partial charge in [-0.1, -0.05) is 6.07 Å². The van der Waals surface area contributed by atoms with Crippen LogP contribution in [0, 0.1) is 13.8 Å². The summed E-state index contributed by atoms with van der Waals surface area (Å²) in [5.74, 6) is 0.711. The molecule has 3 aromatic rings. The second kappa shape index (κ2) is 11.1. The predicted octanol–water partition coefficient (Wildman–Crippen LogP) is 4.00. The molecule has 1 aliphatic rings. The van der Waals surface area contributed by atoms with Crippen molar-refractivity contribution in [3.8, 4) is 11.5 Å². The number of aromatic nitrogens is 1. The van der Waals surface area contributed by atoms with Crippen molar-refractivity contribution in [2.45, 2.75) is 39.8 Å². The summed E-state index contributed by atoms with van der Waals surface area (Å²) in [7, 11) is 3.04. The Morgan fingerprint density at radius 1 is 1.06 bits per heavy atom. The van der Waals surface area contributed by atoms with Crippen LogP contribution in [0.4, 0.5) is 0 Å². The minimum Gasteiger partial charge on any atom is -0.496 e. The van der Waals surface area contributed by atoms with E-state index in [1.165, 1.54) is 29.9 Å². The largest absolute Gasteiger partial charge is 0.496 e. The van der Waals surface area contributed by atoms with E-state index in [0.29, 0.717) is 56.1 Å². The molecule has 0 unspecified atom stereocenters. The first-order chi connectivity index (χ1) is 16.9. The maximum atomic E-state index is 13.0. The minimum atomic E-state index is -0.477. The summed E-state index contributed by atoms with van der Waals surface area (Å²) < 4.78 is 18.2. The first kappa shape index (κ1) is 25.0. The first-order valence-electron chi connectivity index (χ1n) is 11.8. The summed E-state index contributed by atoms with van der Waals surface area (Å²) in [4.78, 5) is 28.1. The number of carbonyl (C=O) groups excluding carboxylic acids is 1. The number of benzene rings is 1. The van der Waals surface area contributed by atoms with Gasteiger partial charge in [0.15, 0.2) is 0 Å². The molecule has 0 aliphatic carbocycles. The topological polar surface area (TPSA) is 70.0 Å². The molecule has 4 rings (SSSR count). The smallest absolute Gasteiger partial charge is 0.343 e. The van der Waals surface area contributed by atoms with Gasteiger partial charge in [0.1, 0.15) is 17.1 Å². The number of esters is 1. The highest BCUT2D eigenvalue weighted by molar-refractivity contribution is 7.07. The van der Waals surface area contributed by atoms with Crippen LogP contribution in [0.25, 0.3) is 0 Å². The van der Waals surface area contributed by atoms with Crippen molar-refractivity contribution in [3.63, 3.8) is 0 Å². The van der Waals surface area contributed by atoms with Gasteiger partial charge in [0.2, 0.25) is 0 Å². The van der Waals surface area contributed by atoms with Gasteiger partial charge in [-0.05, 0) is 59.0 Å². The molecule has 0 saturated heterocycles. The maximum Gasteiger partial charge on any atom is 0.343 e. The lowest BCUT2D eigenvalue weighted by Crippen LogP contribution is -2.29. The van der Waals surface area contributed by atoms with Crippen LogP contribution in [-0.2, 0) is 30.7 Å². The van der Waals surface area contributed by atoms with Gasteiger partial charge >= 0.3 is 5.97 Å². The lowest BCUT2D eigenvalue weighted by atomic mass is 10.0. The molecule has 0 bridgehead atoms. The summed E-state index contributed by atoms with van der Waals surface area (Å²) in [6.45, 7) is 7.19. The predicted molar refractivity (Wildman–Crippen MR) is 137 cm³/mol. The molecule has 0 fully saturated rings. The molecule has 0 amide bonds. The third-order valence-corrected chi connectivity index (χ3v) is 7.28. The average Bonchev–Trinajstić information content (AvgIpc) is 3.27. The maximum absolute atomic E-state index is 13.0. The fourth-order valence-corrected chi connectivity index (χ4v) is 5.28. The fourth-order valence-electron chi connectivity index (χ4n) is 4.58. The highest BCUT2D eigenvalue weighted by Gasteiger charge is 2.26. The van der Waals surface area contributed by atoms with Gasteiger partial charge in [-0.3, -0.25) is 9.69 Å². The lowest BCUT2D eigenvalue weighted by molar-refractivity contribution is 0.0593. The number of aryl methyl sites for hydroxylation is 2. The zero-order valence-electron chi connectivity index (χ0n) is 20.8. The number of thiophene rings is 1. The van der Waals surface area contributed by atoms with Crippen molar-refractivity contribution < 1.29 is 19.0 Å². The van der Waals surface area contributed by atoms with E-state index in [-0.39, 0.29) is 5.56 Å². The van der Waals surface area contributed by atoms with Crippen molar-refractivity contribution in [2.75, 3.05) is 33.9 Å². The number of nitrogens with zero attached hydrogens (tertiary/aromatic N) is 2. The van der Waals surface area contributed by atoms with E-state index in [2.05, 4.69) is 29.3 Å². The molecule has 0 atom stereocenters. The highest BCUT2D eigenvalue weighted by atomic mass is 32.1. The number of pyridine rings is 1. The summed E-state index contributed by atoms with van der Waals surface area (Å²) >= 11 is 1.63. The molecular weight excluding hydrogens is 464 g/mol. The standard InChI is InChI=1S/C27H32N2O5S/c1-18-14-23(32-3)19(2)13-21(18)16-28-8-5-22-26(27(31)33-4)24(15-25(30)29(22)10-9-28)34-11-6-20-7-12-35-17-20/h7,12-15,17H,5-6,8-11,16H2,1-4H3. The Labute approximate surface area is 209 Å². The van der Waals surface area contributed by atoms with Gasteiger partial charge in [0, 0.05) is 50.8 Å². The van der Waals surface area contributed by atoms with Crippen molar-refractivity contribution in [1.29, 1.82) is 0 Å². The van der Waals surface area contributed by atoms with Gasteiger partial charge in [-0.2, -0.15) is 11.3 Å². The van der Waals surface area contributed by atoms with Crippen LogP contribution in [-0.4, -0.2) is 49.4 Å². The number of carbonyl (C=O) groups is 1. The minimum absolute atomic E-state index is 0.156. The Balaban J connectivity index is 1.56. The molecule has 0 saturated carbocycles. The Morgan fingerprint density at radius 3 is 2.60 bits per heavy atom. The number of rotatable bonds is 8. The van der Waals surface area contributed by atoms with Crippen LogP contribution >= 0.6 is 11.3 Å². The Morgan fingerprint density at radius 2 is 1.89 bits per heavy atom. The number of hydrogen-bond donors (Lipinski definition) is 0. The summed E-state index contributed by atoms with van der Waals surface area (Å²) in [5, 5.41) is 4.08. The van der Waals surface area contributed by atoms with Gasteiger partial charge in [-0.25, -0.2) is 4.79 Å². The molecule has 0 N–H and O–H groups in total. The molecule has 0 spiro atoms. The first-order valence-corrected chi connectivity index (χ1v) is 12.7. The van der Waals surface area contributed by atoms with Crippen molar-refractivity contribution in [2.24, 2.45) is 0 Å². The van der Waals surface area contributed by atoms with Crippen LogP contribution in [0.3, 0.4) is 0 Å². The monoisotopic (exact) mass is 496 g/mol. The van der Waals surface area contributed by atoms with Gasteiger partial charge < -0.3 is 18.8 Å². The Hall–Kier alpha value is -3.10. The zero-order chi connectivity index (χ0) is 24.9. The van der Waals surface area contributed by atoms with Crippen LogP contribution in [0.2, 0.25) is 0 Å². The summed E-state index contributed by atoms with van der Waals surface area (Å²) in [5.41, 5.74) is 5.54. The molecule has 0 radical (unpaired) electrons. The van der Waals surface area contributed by atoms with E-state index >= 15 is 0 Å². The zero-order valence-corrected chi connectivity index (χ0v) is 21.6. The van der Waals surface area contributed by atoms with Gasteiger partial charge in [0.25, 0.3) is 5.56 Å². The van der Waals surface area contributed by atoms with Crippen molar-refractivity contribution in [3.05, 3.63) is 78.9 Å². The van der Waals surface area contributed by atoms with Crippen LogP contribution in [0.5, 0.6) is 11.5 Å². The fraction of sp³-hybridized carbons (Fsp3) is 0.407. The van der Waals surface area contributed by atoms with E-state index in [9.17, 15) is 9.59 Å². The molecule has 1 aromatic carbocycles. The molecule has 8 heteroatoms. The molecule has 3 heterocycles. The van der Waals surface area contributed by atoms with E-state index in [4.69, 9.17) is 14.2 Å². The van der Waals surface area contributed by atoms with E-state index < -0.39 is 5.97 Å². The molecule has 2 aromatic heterocycles. The van der Waals surface area contributed by atoms with Crippen LogP contribution < -0.4 is 15.0 Å². The molecular formula is C27H32N2O5S. The molecule has 7 nitrogen and oxygen atoms in total. The average molecular weight is 497 g/mol. The molecule has 1 aliphatic heterocycles. The van der Waals surface area contributed by atoms with Crippen molar-refractivity contribution >= 4 is 17.3 Å². The van der Waals surface area contributed by atoms with Crippen molar-refractivity contribution in [1.82, 2.24) is 9.47 Å². The van der Waals surface area contributed by atoms with Gasteiger partial charge in [0.05, 0.1) is 20.8 Å². The summed E-state index contributed by atoms with van der Waals surface area (Å²) in [6.07, 6.45) is 1.26. The number of fused-ring (bicyclic) bond motifs is 1. The molecule has 35 heavy (non-hydrogen) atoms. The third kappa shape index (κ3) is 5.60. The highest BCUT2D eigenvalue weighted by Crippen LogP contribution is 2.26. The quantitative estimate of drug-likeness (QED) is 0.439. The van der Waals surface area contributed by atoms with E-state index in [1.54, 1.807) is 23.0 Å². The number of hydrogen-bond acceptors (Lipinski definition) is 7. The second-order valence-electron chi connectivity index (χ2n) is 8.82. The van der Waals surface area contributed by atoms with Gasteiger partial charge in [-0.15, -0.1) is 0 Å². The third-order valence-electron chi connectivity index (χ3n) is 6.55. The number of ether oxygens (including phenoxy) is 3. The van der Waals surface area contributed by atoms with E-state index in [1.807, 2.05) is 18.4 Å². The summed E-state index contributed by atoms with van der Waals surface area (Å²) in [6, 6.07) is 7.70. The Bertz CT molecular complexity index is 1250. The lowest BCUT2D eigenvalue weighted by Gasteiger charge is -2.21. The molecule has 186 valence electrons. The van der Waals surface area contributed by atoms with Crippen LogP contribution in [0.1, 0.15) is 38.3 Å². The SMILES string of the molecule is COC(=O)c1c(OCCc2ccsc2)cc(=O)n2c1CCN(Cc1cc(C)c(OC)cc1C)CC2. The van der Waals surface area contributed by atoms with Crippen LogP contribution in [0.15, 0.2) is 39.8 Å². The normalized spacial score (nSPS) is 13.7.